The molecule has 40 heavy (non-hydrogen) atoms. The van der Waals surface area contributed by atoms with E-state index in [1.54, 1.807) is 47.3 Å². The number of carbonyl (C=O) groups excluding carboxylic acids is 3. The van der Waals surface area contributed by atoms with Gasteiger partial charge in [0.15, 0.2) is 6.10 Å². The summed E-state index contributed by atoms with van der Waals surface area (Å²) in [7, 11) is 0. The van der Waals surface area contributed by atoms with Gasteiger partial charge >= 0.3 is 5.97 Å². The molecule has 0 aliphatic rings. The first-order valence-corrected chi connectivity index (χ1v) is 12.2. The third-order valence-corrected chi connectivity index (χ3v) is 5.63. The number of nitro benzene ring substituents is 1. The zero-order valence-electron chi connectivity index (χ0n) is 21.6. The Kier molecular flexibility index (Phi) is 8.45. The van der Waals surface area contributed by atoms with E-state index in [9.17, 15) is 24.5 Å². The van der Waals surface area contributed by atoms with Gasteiger partial charge < -0.3 is 15.4 Å². The van der Waals surface area contributed by atoms with Gasteiger partial charge in [-0.1, -0.05) is 30.3 Å². The molecule has 2 amide bonds. The highest BCUT2D eigenvalue weighted by Gasteiger charge is 2.18. The van der Waals surface area contributed by atoms with E-state index in [4.69, 9.17) is 4.74 Å². The number of anilines is 2. The van der Waals surface area contributed by atoms with Crippen molar-refractivity contribution < 1.29 is 24.0 Å². The molecule has 0 spiro atoms. The number of ether oxygens (including phenoxy) is 1. The number of esters is 1. The summed E-state index contributed by atoms with van der Waals surface area (Å²) in [5.41, 5.74) is 3.14. The minimum absolute atomic E-state index is 0.0920. The summed E-state index contributed by atoms with van der Waals surface area (Å²) >= 11 is 0. The Labute approximate surface area is 229 Å². The molecule has 0 bridgehead atoms. The second kappa shape index (κ2) is 12.3. The van der Waals surface area contributed by atoms with Crippen LogP contribution in [0, 0.1) is 10.1 Å². The highest BCUT2D eigenvalue weighted by atomic mass is 16.6. The first-order chi connectivity index (χ1) is 19.2. The van der Waals surface area contributed by atoms with Gasteiger partial charge in [0.05, 0.1) is 10.6 Å². The molecule has 0 aliphatic heterocycles. The van der Waals surface area contributed by atoms with Crippen molar-refractivity contribution in [2.24, 2.45) is 0 Å². The average molecular weight is 540 g/mol. The Morgan fingerprint density at radius 2 is 1.65 bits per heavy atom. The molecule has 4 rings (SSSR count). The summed E-state index contributed by atoms with van der Waals surface area (Å²) in [6.07, 6.45) is 3.23. The highest BCUT2D eigenvalue weighted by Crippen LogP contribution is 2.28. The summed E-state index contributed by atoms with van der Waals surface area (Å²) in [5, 5.41) is 21.2. The van der Waals surface area contributed by atoms with E-state index in [1.165, 1.54) is 38.1 Å². The van der Waals surface area contributed by atoms with E-state index in [2.05, 4.69) is 15.7 Å². The van der Waals surface area contributed by atoms with Crippen molar-refractivity contribution in [2.45, 2.75) is 20.0 Å². The number of para-hydroxylation sites is 1. The van der Waals surface area contributed by atoms with E-state index in [0.29, 0.717) is 28.2 Å². The average Bonchev–Trinajstić information content (AvgIpc) is 3.37. The second-order valence-corrected chi connectivity index (χ2v) is 8.68. The van der Waals surface area contributed by atoms with Crippen LogP contribution in [0.15, 0.2) is 91.1 Å². The fourth-order valence-corrected chi connectivity index (χ4v) is 3.72. The number of nitrogens with zero attached hydrogens (tertiary/aromatic N) is 3. The lowest BCUT2D eigenvalue weighted by molar-refractivity contribution is -0.384. The predicted octanol–water partition coefficient (Wildman–Crippen LogP) is 4.99. The Hall–Kier alpha value is -5.58. The predicted molar refractivity (Wildman–Crippen MR) is 150 cm³/mol. The topological polar surface area (TPSA) is 145 Å². The van der Waals surface area contributed by atoms with Crippen LogP contribution in [-0.4, -0.2) is 38.6 Å². The monoisotopic (exact) mass is 539 g/mol. The van der Waals surface area contributed by atoms with Crippen LogP contribution >= 0.6 is 0 Å². The van der Waals surface area contributed by atoms with Crippen LogP contribution in [0.1, 0.15) is 19.4 Å². The van der Waals surface area contributed by atoms with Crippen LogP contribution < -0.4 is 10.6 Å². The Balaban J connectivity index is 1.49. The van der Waals surface area contributed by atoms with Crippen molar-refractivity contribution in [1.82, 2.24) is 9.78 Å². The first-order valence-electron chi connectivity index (χ1n) is 12.2. The van der Waals surface area contributed by atoms with E-state index < -0.39 is 22.9 Å². The fourth-order valence-electron chi connectivity index (χ4n) is 3.72. The molecule has 202 valence electrons. The molecule has 1 aromatic heterocycles. The molecule has 0 aliphatic carbocycles. The molecule has 0 radical (unpaired) electrons. The smallest absolute Gasteiger partial charge is 0.331 e. The van der Waals surface area contributed by atoms with Gasteiger partial charge in [-0.2, -0.15) is 5.10 Å². The number of non-ortho nitro benzene ring substituents is 1. The van der Waals surface area contributed by atoms with Gasteiger partial charge in [-0.05, 0) is 49.4 Å². The van der Waals surface area contributed by atoms with Gasteiger partial charge in [0, 0.05) is 53.8 Å². The van der Waals surface area contributed by atoms with Crippen molar-refractivity contribution in [3.63, 3.8) is 0 Å². The minimum atomic E-state index is -1.10. The second-order valence-electron chi connectivity index (χ2n) is 8.68. The summed E-state index contributed by atoms with van der Waals surface area (Å²) in [5.74, 6) is -1.51. The van der Waals surface area contributed by atoms with Gasteiger partial charge in [0.2, 0.25) is 5.91 Å². The van der Waals surface area contributed by atoms with Gasteiger partial charge in [-0.15, -0.1) is 0 Å². The zero-order chi connectivity index (χ0) is 28.6. The van der Waals surface area contributed by atoms with Gasteiger partial charge in [0.1, 0.15) is 5.69 Å². The normalized spacial score (nSPS) is 11.6. The number of hydrogen-bond donors (Lipinski definition) is 2. The van der Waals surface area contributed by atoms with Crippen LogP contribution in [-0.2, 0) is 19.1 Å². The molecule has 2 N–H and O–H groups in total. The van der Waals surface area contributed by atoms with Crippen molar-refractivity contribution in [1.29, 1.82) is 0 Å². The molecule has 11 nitrogen and oxygen atoms in total. The Morgan fingerprint density at radius 1 is 0.975 bits per heavy atom. The molecule has 3 aromatic carbocycles. The lowest BCUT2D eigenvalue weighted by atomic mass is 10.1. The van der Waals surface area contributed by atoms with Crippen LogP contribution in [0.5, 0.6) is 0 Å². The molecule has 11 heteroatoms. The van der Waals surface area contributed by atoms with Crippen molar-refractivity contribution in [2.75, 3.05) is 10.6 Å². The molecular formula is C29H25N5O6. The number of benzene rings is 3. The fraction of sp³-hybridized carbons (Fsp3) is 0.103. The summed E-state index contributed by atoms with van der Waals surface area (Å²) < 4.78 is 6.86. The Morgan fingerprint density at radius 3 is 2.30 bits per heavy atom. The van der Waals surface area contributed by atoms with Crippen molar-refractivity contribution >= 4 is 40.9 Å². The number of nitrogens with one attached hydrogen (secondary N) is 2. The third-order valence-electron chi connectivity index (χ3n) is 5.63. The number of nitro groups is 1. The molecule has 0 saturated heterocycles. The summed E-state index contributed by atoms with van der Waals surface area (Å²) in [4.78, 5) is 47.0. The van der Waals surface area contributed by atoms with Gasteiger partial charge in [-0.25, -0.2) is 9.48 Å². The summed E-state index contributed by atoms with van der Waals surface area (Å²) in [6.45, 7) is 2.83. The molecule has 4 aromatic rings. The van der Waals surface area contributed by atoms with E-state index in [-0.39, 0.29) is 11.6 Å². The summed E-state index contributed by atoms with van der Waals surface area (Å²) in [6, 6.07) is 21.8. The first kappa shape index (κ1) is 27.5. The highest BCUT2D eigenvalue weighted by molar-refractivity contribution is 5.97. The van der Waals surface area contributed by atoms with E-state index >= 15 is 0 Å². The maximum atomic E-state index is 12.6. The molecule has 0 fully saturated rings. The van der Waals surface area contributed by atoms with Crippen molar-refractivity contribution in [3.05, 3.63) is 107 Å². The largest absolute Gasteiger partial charge is 0.449 e. The van der Waals surface area contributed by atoms with Crippen LogP contribution in [0.25, 0.3) is 23.0 Å². The molecule has 1 atom stereocenters. The quantitative estimate of drug-likeness (QED) is 0.132. The number of aromatic nitrogens is 2. The maximum Gasteiger partial charge on any atom is 0.331 e. The zero-order valence-corrected chi connectivity index (χ0v) is 21.6. The van der Waals surface area contributed by atoms with E-state index in [1.807, 2.05) is 30.3 Å². The Bertz CT molecular complexity index is 1580. The number of hydrogen-bond acceptors (Lipinski definition) is 7. The lowest BCUT2D eigenvalue weighted by Crippen LogP contribution is -2.29. The third kappa shape index (κ3) is 7.04. The van der Waals surface area contributed by atoms with Gasteiger partial charge in [-0.3, -0.25) is 19.7 Å². The molecular weight excluding hydrogens is 514 g/mol. The van der Waals surface area contributed by atoms with Crippen molar-refractivity contribution in [3.8, 4) is 16.9 Å². The number of carbonyl (C=O) groups is 3. The standard InChI is InChI=1S/C29H25N5O6/c1-19(29(37)31-24-14-12-23(13-15-24)30-20(2)35)40-27(36)16-11-22-18-33(25-8-4-3-5-9-25)32-28(22)21-7-6-10-26(17-21)34(38)39/h3-19H,1-2H3,(H,30,35)(H,31,37)/b16-11+/t19-/m0/s1. The molecule has 1 heterocycles. The number of rotatable bonds is 9. The minimum Gasteiger partial charge on any atom is -0.449 e. The SMILES string of the molecule is CC(=O)Nc1ccc(NC(=O)[C@H](C)OC(=O)/C=C/c2cn(-c3ccccc3)nc2-c2cccc([N+](=O)[O-])c2)cc1. The van der Waals surface area contributed by atoms with Crippen LogP contribution in [0.2, 0.25) is 0 Å². The maximum absolute atomic E-state index is 12.6. The van der Waals surface area contributed by atoms with Crippen LogP contribution in [0.4, 0.5) is 17.1 Å². The molecule has 0 unspecified atom stereocenters. The number of amides is 2. The van der Waals surface area contributed by atoms with Crippen LogP contribution in [0.3, 0.4) is 0 Å². The lowest BCUT2D eigenvalue weighted by Gasteiger charge is -2.12. The van der Waals surface area contributed by atoms with Gasteiger partial charge in [0.25, 0.3) is 11.6 Å². The van der Waals surface area contributed by atoms with E-state index in [0.717, 1.165) is 5.69 Å². The molecule has 0 saturated carbocycles.